The summed E-state index contributed by atoms with van der Waals surface area (Å²) < 4.78 is 17.3. The maximum Gasteiger partial charge on any atom is 0.255 e. The quantitative estimate of drug-likeness (QED) is 0.381. The van der Waals surface area contributed by atoms with Crippen LogP contribution in [-0.4, -0.2) is 49.3 Å². The van der Waals surface area contributed by atoms with Gasteiger partial charge in [0.2, 0.25) is 0 Å². The minimum atomic E-state index is -0.187. The van der Waals surface area contributed by atoms with Crippen molar-refractivity contribution in [1.82, 2.24) is 9.88 Å². The SMILES string of the molecule is COc1cccc(NC(=O)c2ccc3c(c2)Cc2cccc(c2)CN(Cc2ccccn2)CCOCCO3)c1. The first-order valence-corrected chi connectivity index (χ1v) is 13.2. The fourth-order valence-electron chi connectivity index (χ4n) is 4.66. The molecule has 1 amide bonds. The van der Waals surface area contributed by atoms with Crippen molar-refractivity contribution >= 4 is 11.6 Å². The lowest BCUT2D eigenvalue weighted by Crippen LogP contribution is -2.28. The molecule has 0 radical (unpaired) electrons. The number of methoxy groups -OCH3 is 1. The predicted octanol–water partition coefficient (Wildman–Crippen LogP) is 5.34. The van der Waals surface area contributed by atoms with Crippen molar-refractivity contribution in [1.29, 1.82) is 0 Å². The van der Waals surface area contributed by atoms with Crippen LogP contribution in [0.1, 0.15) is 32.7 Å². The lowest BCUT2D eigenvalue weighted by Gasteiger charge is -2.23. The van der Waals surface area contributed by atoms with E-state index in [-0.39, 0.29) is 5.91 Å². The molecule has 1 aromatic heterocycles. The van der Waals surface area contributed by atoms with Crippen LogP contribution >= 0.6 is 0 Å². The average molecular weight is 524 g/mol. The number of aromatic nitrogens is 1. The Labute approximate surface area is 229 Å². The summed E-state index contributed by atoms with van der Waals surface area (Å²) in [5.74, 6) is 1.26. The summed E-state index contributed by atoms with van der Waals surface area (Å²) in [6.07, 6.45) is 2.47. The number of anilines is 1. The van der Waals surface area contributed by atoms with E-state index >= 15 is 0 Å². The predicted molar refractivity (Wildman–Crippen MR) is 151 cm³/mol. The minimum absolute atomic E-state index is 0.187. The number of carbonyl (C=O) groups is 1. The molecule has 39 heavy (non-hydrogen) atoms. The van der Waals surface area contributed by atoms with Crippen molar-refractivity contribution in [3.63, 3.8) is 0 Å². The van der Waals surface area contributed by atoms with Gasteiger partial charge in [0.15, 0.2) is 0 Å². The molecule has 0 saturated heterocycles. The molecule has 0 aliphatic carbocycles. The van der Waals surface area contributed by atoms with Crippen LogP contribution < -0.4 is 14.8 Å². The summed E-state index contributed by atoms with van der Waals surface area (Å²) in [4.78, 5) is 20.0. The second-order valence-electron chi connectivity index (χ2n) is 9.50. The van der Waals surface area contributed by atoms with Crippen molar-refractivity contribution in [2.24, 2.45) is 0 Å². The van der Waals surface area contributed by atoms with E-state index in [1.54, 1.807) is 19.2 Å². The van der Waals surface area contributed by atoms with Crippen LogP contribution in [0.25, 0.3) is 0 Å². The molecule has 7 heteroatoms. The number of carbonyl (C=O) groups excluding carboxylic acids is 1. The average Bonchev–Trinajstić information content (AvgIpc) is 2.96. The first-order chi connectivity index (χ1) is 19.2. The standard InChI is InChI=1S/C32H33N3O4/c1-37-30-10-5-9-28(21-30)34-32(36)26-11-12-31-27(20-26)19-24-6-4-7-25(18-24)22-35(14-15-38-16-17-39-31)23-29-8-2-3-13-33-29/h2-13,18,20-21H,14-17,19,22-23H2,1H3,(H,34,36). The van der Waals surface area contributed by atoms with Crippen molar-refractivity contribution in [2.75, 3.05) is 38.8 Å². The van der Waals surface area contributed by atoms with Gasteiger partial charge in [0.25, 0.3) is 5.91 Å². The Balaban J connectivity index is 1.37. The number of hydrogen-bond donors (Lipinski definition) is 1. The van der Waals surface area contributed by atoms with E-state index in [9.17, 15) is 4.79 Å². The minimum Gasteiger partial charge on any atom is -0.497 e. The first-order valence-electron chi connectivity index (χ1n) is 13.2. The molecule has 1 aliphatic rings. The maximum atomic E-state index is 13.1. The van der Waals surface area contributed by atoms with Gasteiger partial charge in [0.1, 0.15) is 18.1 Å². The molecule has 0 saturated carbocycles. The van der Waals surface area contributed by atoms with Gasteiger partial charge in [-0.05, 0) is 59.2 Å². The number of nitrogens with one attached hydrogen (secondary N) is 1. The number of rotatable bonds is 5. The molecule has 0 fully saturated rings. The third-order valence-electron chi connectivity index (χ3n) is 6.59. The topological polar surface area (TPSA) is 72.9 Å². The van der Waals surface area contributed by atoms with E-state index in [1.807, 2.05) is 48.7 Å². The second kappa shape index (κ2) is 13.0. The van der Waals surface area contributed by atoms with Gasteiger partial charge in [-0.1, -0.05) is 36.4 Å². The molecule has 0 atom stereocenters. The van der Waals surface area contributed by atoms with Crippen LogP contribution in [0.4, 0.5) is 5.69 Å². The molecular formula is C32H33N3O4. The van der Waals surface area contributed by atoms with Crippen molar-refractivity contribution in [3.05, 3.63) is 119 Å². The van der Waals surface area contributed by atoms with Gasteiger partial charge < -0.3 is 19.5 Å². The van der Waals surface area contributed by atoms with Gasteiger partial charge in [0.05, 0.1) is 26.0 Å². The molecule has 200 valence electrons. The smallest absolute Gasteiger partial charge is 0.255 e. The number of nitrogens with zero attached hydrogens (tertiary/aromatic N) is 2. The molecule has 1 aliphatic heterocycles. The van der Waals surface area contributed by atoms with E-state index in [0.717, 1.165) is 42.2 Å². The second-order valence-corrected chi connectivity index (χ2v) is 9.50. The molecule has 7 nitrogen and oxygen atoms in total. The normalized spacial score (nSPS) is 14.4. The Kier molecular flexibility index (Phi) is 8.83. The number of ether oxygens (including phenoxy) is 3. The number of amides is 1. The fourth-order valence-corrected chi connectivity index (χ4v) is 4.66. The van der Waals surface area contributed by atoms with Crippen LogP contribution in [0, 0.1) is 0 Å². The highest BCUT2D eigenvalue weighted by molar-refractivity contribution is 6.04. The number of benzene rings is 3. The summed E-state index contributed by atoms with van der Waals surface area (Å²) >= 11 is 0. The fraction of sp³-hybridized carbons (Fsp3) is 0.250. The van der Waals surface area contributed by atoms with E-state index in [2.05, 4.69) is 45.5 Å². The van der Waals surface area contributed by atoms with Gasteiger partial charge in [0, 0.05) is 49.6 Å². The molecule has 4 aromatic rings. The van der Waals surface area contributed by atoms with Gasteiger partial charge >= 0.3 is 0 Å². The zero-order chi connectivity index (χ0) is 26.9. The molecule has 0 unspecified atom stereocenters. The molecule has 2 bridgehead atoms. The summed E-state index contributed by atoms with van der Waals surface area (Å²) in [5.41, 5.74) is 5.61. The van der Waals surface area contributed by atoms with Crippen LogP contribution in [0.2, 0.25) is 0 Å². The number of fused-ring (bicyclic) bond motifs is 3. The third-order valence-corrected chi connectivity index (χ3v) is 6.59. The van der Waals surface area contributed by atoms with Gasteiger partial charge in [-0.3, -0.25) is 14.7 Å². The lowest BCUT2D eigenvalue weighted by atomic mass is 9.99. The van der Waals surface area contributed by atoms with Crippen molar-refractivity contribution < 1.29 is 19.0 Å². The Bertz CT molecular complexity index is 1390. The highest BCUT2D eigenvalue weighted by Gasteiger charge is 2.14. The molecule has 2 heterocycles. The van der Waals surface area contributed by atoms with E-state index < -0.39 is 0 Å². The summed E-state index contributed by atoms with van der Waals surface area (Å²) in [6, 6.07) is 27.5. The van der Waals surface area contributed by atoms with Gasteiger partial charge in [-0.2, -0.15) is 0 Å². The van der Waals surface area contributed by atoms with Crippen LogP contribution in [0.15, 0.2) is 91.1 Å². The maximum absolute atomic E-state index is 13.1. The zero-order valence-electron chi connectivity index (χ0n) is 22.1. The van der Waals surface area contributed by atoms with Gasteiger partial charge in [-0.25, -0.2) is 0 Å². The van der Waals surface area contributed by atoms with Gasteiger partial charge in [-0.15, -0.1) is 0 Å². The van der Waals surface area contributed by atoms with Crippen LogP contribution in [0.3, 0.4) is 0 Å². The van der Waals surface area contributed by atoms with Crippen molar-refractivity contribution in [2.45, 2.75) is 19.5 Å². The Morgan fingerprint density at radius 3 is 2.72 bits per heavy atom. The monoisotopic (exact) mass is 523 g/mol. The van der Waals surface area contributed by atoms with E-state index in [1.165, 1.54) is 5.56 Å². The van der Waals surface area contributed by atoms with E-state index in [4.69, 9.17) is 14.2 Å². The highest BCUT2D eigenvalue weighted by Crippen LogP contribution is 2.26. The number of pyridine rings is 1. The van der Waals surface area contributed by atoms with E-state index in [0.29, 0.717) is 43.2 Å². The summed E-state index contributed by atoms with van der Waals surface area (Å²) in [7, 11) is 1.60. The third kappa shape index (κ3) is 7.44. The van der Waals surface area contributed by atoms with Crippen molar-refractivity contribution in [3.8, 4) is 11.5 Å². The van der Waals surface area contributed by atoms with Crippen LogP contribution in [0.5, 0.6) is 11.5 Å². The Hall–Kier alpha value is -4.20. The first kappa shape index (κ1) is 26.4. The lowest BCUT2D eigenvalue weighted by molar-refractivity contribution is 0.0754. The molecule has 5 rings (SSSR count). The Morgan fingerprint density at radius 2 is 1.85 bits per heavy atom. The zero-order valence-corrected chi connectivity index (χ0v) is 22.1. The molecule has 1 N–H and O–H groups in total. The molecule has 3 aromatic carbocycles. The molecular weight excluding hydrogens is 490 g/mol. The summed E-state index contributed by atoms with van der Waals surface area (Å²) in [6.45, 7) is 3.86. The number of hydrogen-bond acceptors (Lipinski definition) is 6. The largest absolute Gasteiger partial charge is 0.497 e. The Morgan fingerprint density at radius 1 is 0.949 bits per heavy atom. The molecule has 0 spiro atoms. The highest BCUT2D eigenvalue weighted by atomic mass is 16.5. The summed E-state index contributed by atoms with van der Waals surface area (Å²) in [5, 5.41) is 2.96. The van der Waals surface area contributed by atoms with Crippen LogP contribution in [-0.2, 0) is 24.2 Å².